The second-order valence-corrected chi connectivity index (χ2v) is 3.77. The van der Waals surface area contributed by atoms with Gasteiger partial charge in [-0.05, 0) is 40.8 Å². The molecule has 71 valence electrons. The topological polar surface area (TPSA) is 0 Å². The molecule has 0 amide bonds. The molecule has 1 aliphatic carbocycles. The van der Waals surface area contributed by atoms with Crippen molar-refractivity contribution in [2.45, 2.75) is 6.42 Å². The van der Waals surface area contributed by atoms with Crippen molar-refractivity contribution in [3.8, 4) is 0 Å². The van der Waals surface area contributed by atoms with Crippen LogP contribution in [0.25, 0.3) is 5.57 Å². The van der Waals surface area contributed by atoms with Crippen LogP contribution in [0.5, 0.6) is 0 Å². The van der Waals surface area contributed by atoms with Gasteiger partial charge < -0.3 is 0 Å². The van der Waals surface area contributed by atoms with Crippen LogP contribution in [0.15, 0.2) is 54.6 Å². The van der Waals surface area contributed by atoms with E-state index < -0.39 is 0 Å². The monoisotopic (exact) mass is 191 g/mol. The maximum absolute atomic E-state index is 3.15. The first-order chi connectivity index (χ1) is 7.45. The normalized spacial score (nSPS) is 13.5. The third kappa shape index (κ3) is 1.39. The van der Waals surface area contributed by atoms with Gasteiger partial charge in [0.25, 0.3) is 0 Å². The summed E-state index contributed by atoms with van der Waals surface area (Å²) in [7, 11) is 0. The quantitative estimate of drug-likeness (QED) is 0.647. The van der Waals surface area contributed by atoms with E-state index >= 15 is 0 Å². The maximum Gasteiger partial charge on any atom is -0.00818 e. The van der Waals surface area contributed by atoms with Gasteiger partial charge in [0.15, 0.2) is 0 Å². The number of rotatable bonds is 1. The lowest BCUT2D eigenvalue weighted by Crippen LogP contribution is -1.85. The summed E-state index contributed by atoms with van der Waals surface area (Å²) in [6.45, 7) is 0. The van der Waals surface area contributed by atoms with Gasteiger partial charge in [0, 0.05) is 0 Å². The zero-order valence-electron chi connectivity index (χ0n) is 8.40. The number of benzene rings is 2. The lowest BCUT2D eigenvalue weighted by Gasteiger charge is -2.04. The van der Waals surface area contributed by atoms with Crippen molar-refractivity contribution in [3.63, 3.8) is 0 Å². The third-order valence-corrected chi connectivity index (χ3v) is 2.86. The van der Waals surface area contributed by atoms with Crippen molar-refractivity contribution in [1.29, 1.82) is 0 Å². The van der Waals surface area contributed by atoms with Gasteiger partial charge in [-0.15, -0.1) is 0 Å². The SMILES string of the molecule is [c]1ccc2c(c1)C(c1ccccc1)=CC2. The van der Waals surface area contributed by atoms with Crippen LogP contribution in [0.3, 0.4) is 0 Å². The first-order valence-electron chi connectivity index (χ1n) is 5.20. The molecule has 2 aromatic rings. The van der Waals surface area contributed by atoms with E-state index in [0.717, 1.165) is 6.42 Å². The fourth-order valence-corrected chi connectivity index (χ4v) is 2.10. The van der Waals surface area contributed by atoms with Gasteiger partial charge >= 0.3 is 0 Å². The fourth-order valence-electron chi connectivity index (χ4n) is 2.10. The van der Waals surface area contributed by atoms with Gasteiger partial charge in [0.05, 0.1) is 0 Å². The molecular weight excluding hydrogens is 180 g/mol. The van der Waals surface area contributed by atoms with Crippen molar-refractivity contribution >= 4 is 5.57 Å². The zero-order chi connectivity index (χ0) is 10.1. The van der Waals surface area contributed by atoms with Crippen LogP contribution < -0.4 is 0 Å². The van der Waals surface area contributed by atoms with E-state index in [2.05, 4.69) is 54.6 Å². The van der Waals surface area contributed by atoms with E-state index in [-0.39, 0.29) is 0 Å². The number of allylic oxidation sites excluding steroid dienone is 1. The van der Waals surface area contributed by atoms with Gasteiger partial charge in [-0.3, -0.25) is 0 Å². The van der Waals surface area contributed by atoms with Gasteiger partial charge in [0.2, 0.25) is 0 Å². The molecule has 0 aliphatic heterocycles. The van der Waals surface area contributed by atoms with E-state index in [1.807, 2.05) is 6.07 Å². The predicted octanol–water partition coefficient (Wildman–Crippen LogP) is 3.47. The summed E-state index contributed by atoms with van der Waals surface area (Å²) in [4.78, 5) is 0. The average molecular weight is 191 g/mol. The molecule has 0 saturated carbocycles. The Hall–Kier alpha value is -1.82. The third-order valence-electron chi connectivity index (χ3n) is 2.86. The van der Waals surface area contributed by atoms with E-state index in [4.69, 9.17) is 0 Å². The van der Waals surface area contributed by atoms with Crippen molar-refractivity contribution in [1.82, 2.24) is 0 Å². The molecule has 2 aromatic carbocycles. The zero-order valence-corrected chi connectivity index (χ0v) is 8.40. The highest BCUT2D eigenvalue weighted by atomic mass is 14.2. The summed E-state index contributed by atoms with van der Waals surface area (Å²) in [6, 6.07) is 19.9. The summed E-state index contributed by atoms with van der Waals surface area (Å²) in [5.74, 6) is 0. The standard InChI is InChI=1S/C15H11/c1-2-6-12(7-3-1)15-11-10-13-8-4-5-9-14(13)15/h1-4,6-9,11H,10H2. The molecule has 0 heterocycles. The molecule has 0 atom stereocenters. The molecule has 0 N–H and O–H groups in total. The molecule has 0 unspecified atom stereocenters. The number of fused-ring (bicyclic) bond motifs is 1. The minimum absolute atomic E-state index is 1.05. The molecule has 0 saturated heterocycles. The van der Waals surface area contributed by atoms with Crippen LogP contribution in [-0.4, -0.2) is 0 Å². The van der Waals surface area contributed by atoms with E-state index in [1.54, 1.807) is 0 Å². The number of hydrogen-bond acceptors (Lipinski definition) is 0. The Morgan fingerprint density at radius 3 is 2.73 bits per heavy atom. The highest BCUT2D eigenvalue weighted by Crippen LogP contribution is 2.31. The summed E-state index contributed by atoms with van der Waals surface area (Å²) in [5, 5.41) is 0. The van der Waals surface area contributed by atoms with Crippen LogP contribution in [0, 0.1) is 6.07 Å². The van der Waals surface area contributed by atoms with Crippen molar-refractivity contribution in [2.75, 3.05) is 0 Å². The minimum atomic E-state index is 1.05. The van der Waals surface area contributed by atoms with Crippen molar-refractivity contribution in [3.05, 3.63) is 77.4 Å². The molecule has 0 nitrogen and oxygen atoms in total. The Bertz CT molecular complexity index is 507. The van der Waals surface area contributed by atoms with Crippen molar-refractivity contribution in [2.24, 2.45) is 0 Å². The Balaban J connectivity index is 2.11. The van der Waals surface area contributed by atoms with Crippen molar-refractivity contribution < 1.29 is 0 Å². The highest BCUT2D eigenvalue weighted by molar-refractivity contribution is 5.84. The Morgan fingerprint density at radius 2 is 1.87 bits per heavy atom. The molecule has 0 bridgehead atoms. The second kappa shape index (κ2) is 3.39. The van der Waals surface area contributed by atoms with Gasteiger partial charge in [0.1, 0.15) is 0 Å². The lowest BCUT2D eigenvalue weighted by atomic mass is 9.99. The molecule has 1 aliphatic rings. The van der Waals surface area contributed by atoms with Gasteiger partial charge in [-0.1, -0.05) is 48.5 Å². The van der Waals surface area contributed by atoms with E-state index in [1.165, 1.54) is 22.3 Å². The Morgan fingerprint density at radius 1 is 1.00 bits per heavy atom. The molecule has 0 heteroatoms. The fraction of sp³-hybridized carbons (Fsp3) is 0.0667. The number of hydrogen-bond donors (Lipinski definition) is 0. The first kappa shape index (κ1) is 8.49. The summed E-state index contributed by atoms with van der Waals surface area (Å²) < 4.78 is 0. The van der Waals surface area contributed by atoms with E-state index in [0.29, 0.717) is 0 Å². The van der Waals surface area contributed by atoms with Crippen LogP contribution in [0.4, 0.5) is 0 Å². The molecule has 15 heavy (non-hydrogen) atoms. The molecule has 0 aromatic heterocycles. The minimum Gasteiger partial charge on any atom is -0.0716 e. The summed E-state index contributed by atoms with van der Waals surface area (Å²) in [6.07, 6.45) is 3.35. The summed E-state index contributed by atoms with van der Waals surface area (Å²) in [5.41, 5.74) is 5.40. The molecular formula is C15H11. The Labute approximate surface area is 89.9 Å². The molecule has 0 fully saturated rings. The molecule has 3 rings (SSSR count). The van der Waals surface area contributed by atoms with Crippen LogP contribution in [0.1, 0.15) is 16.7 Å². The smallest absolute Gasteiger partial charge is 0.00818 e. The maximum atomic E-state index is 3.15. The first-order valence-corrected chi connectivity index (χ1v) is 5.20. The molecule has 0 spiro atoms. The van der Waals surface area contributed by atoms with Crippen LogP contribution in [-0.2, 0) is 6.42 Å². The average Bonchev–Trinajstić information content (AvgIpc) is 2.74. The lowest BCUT2D eigenvalue weighted by molar-refractivity contribution is 1.31. The Kier molecular flexibility index (Phi) is 1.92. The van der Waals surface area contributed by atoms with Gasteiger partial charge in [-0.2, -0.15) is 0 Å². The van der Waals surface area contributed by atoms with Gasteiger partial charge in [-0.25, -0.2) is 0 Å². The second-order valence-electron chi connectivity index (χ2n) is 3.77. The molecule has 1 radical (unpaired) electrons. The van der Waals surface area contributed by atoms with Crippen LogP contribution >= 0.6 is 0 Å². The van der Waals surface area contributed by atoms with Crippen LogP contribution in [0.2, 0.25) is 0 Å². The van der Waals surface area contributed by atoms with E-state index in [9.17, 15) is 0 Å². The largest absolute Gasteiger partial charge is 0.0716 e. The highest BCUT2D eigenvalue weighted by Gasteiger charge is 2.13. The summed E-state index contributed by atoms with van der Waals surface area (Å²) >= 11 is 0. The predicted molar refractivity (Wildman–Crippen MR) is 62.5 cm³/mol.